The number of halogens is 2. The summed E-state index contributed by atoms with van der Waals surface area (Å²) in [4.78, 5) is 37.2. The molecule has 13 nitrogen and oxygen atoms in total. The van der Waals surface area contributed by atoms with Crippen molar-refractivity contribution in [1.29, 1.82) is 0 Å². The first-order valence-electron chi connectivity index (χ1n) is 9.11. The van der Waals surface area contributed by atoms with E-state index in [1.807, 2.05) is 6.92 Å². The highest BCUT2D eigenvalue weighted by molar-refractivity contribution is 6.35. The van der Waals surface area contributed by atoms with Crippen LogP contribution in [-0.4, -0.2) is 63.9 Å². The minimum Gasteiger partial charge on any atom is -0.455 e. The molecule has 3 aromatic heterocycles. The van der Waals surface area contributed by atoms with Crippen LogP contribution in [0.4, 0.5) is 0 Å². The van der Waals surface area contributed by atoms with Gasteiger partial charge in [-0.15, -0.1) is 10.2 Å². The molecule has 31 heavy (non-hydrogen) atoms. The minimum atomic E-state index is -1.08. The predicted molar refractivity (Wildman–Crippen MR) is 103 cm³/mol. The van der Waals surface area contributed by atoms with Crippen molar-refractivity contribution in [3.63, 3.8) is 0 Å². The van der Waals surface area contributed by atoms with Crippen molar-refractivity contribution in [2.75, 3.05) is 0 Å². The van der Waals surface area contributed by atoms with E-state index in [1.165, 1.54) is 29.5 Å². The van der Waals surface area contributed by atoms with Crippen LogP contribution >= 0.6 is 23.2 Å². The summed E-state index contributed by atoms with van der Waals surface area (Å²) in [6, 6.07) is 0. The fourth-order valence-electron chi connectivity index (χ4n) is 3.26. The van der Waals surface area contributed by atoms with Gasteiger partial charge in [0.05, 0.1) is 12.9 Å². The third kappa shape index (κ3) is 4.03. The Hall–Kier alpha value is -2.90. The van der Waals surface area contributed by atoms with Crippen molar-refractivity contribution in [3.8, 4) is 0 Å². The Balaban J connectivity index is 1.82. The average molecular weight is 471 g/mol. The highest BCUT2D eigenvalue weighted by atomic mass is 35.5. The summed E-state index contributed by atoms with van der Waals surface area (Å²) in [6.45, 7) is 4.75. The molecule has 0 bridgehead atoms. The molecular weight excluding hydrogens is 455 g/mol. The summed E-state index contributed by atoms with van der Waals surface area (Å²) in [6.07, 6.45) is -2.76. The summed E-state index contributed by atoms with van der Waals surface area (Å²) in [5.41, 5.74) is 0.498. The zero-order valence-electron chi connectivity index (χ0n) is 16.5. The summed E-state index contributed by atoms with van der Waals surface area (Å²) < 4.78 is 18.5. The number of hydrogen-bond acceptors (Lipinski definition) is 11. The fourth-order valence-corrected chi connectivity index (χ4v) is 3.68. The Bertz CT molecular complexity index is 1150. The van der Waals surface area contributed by atoms with Crippen LogP contribution in [0.25, 0.3) is 11.2 Å². The molecule has 0 spiro atoms. The van der Waals surface area contributed by atoms with Gasteiger partial charge in [-0.3, -0.25) is 14.2 Å². The molecule has 0 aliphatic carbocycles. The highest BCUT2D eigenvalue weighted by Gasteiger charge is 2.53. The molecule has 0 aromatic carbocycles. The topological polar surface area (TPSA) is 149 Å². The maximum atomic E-state index is 11.9. The molecule has 0 N–H and O–H groups in total. The predicted octanol–water partition coefficient (Wildman–Crippen LogP) is 1.27. The standard InChI is InChI=1S/C16H16Cl2N8O5/c1-4-26-23-13(22-24-26)10-9(29-6(2)27)11(30-7(3)28)15(31-10)25-5-19-8-12(17)20-16(18)21-14(8)25/h5,9-11,15H,4H2,1-3H3/t9-,10?,11-,15-/m1/s1. The van der Waals surface area contributed by atoms with Crippen LogP contribution in [0.5, 0.6) is 0 Å². The van der Waals surface area contributed by atoms with Crippen LogP contribution in [0.1, 0.15) is 38.9 Å². The van der Waals surface area contributed by atoms with Crippen molar-refractivity contribution in [2.45, 2.75) is 51.9 Å². The lowest BCUT2D eigenvalue weighted by Crippen LogP contribution is -2.37. The van der Waals surface area contributed by atoms with E-state index >= 15 is 0 Å². The van der Waals surface area contributed by atoms with Gasteiger partial charge in [0.1, 0.15) is 5.52 Å². The van der Waals surface area contributed by atoms with Crippen molar-refractivity contribution in [3.05, 3.63) is 22.6 Å². The number of aromatic nitrogens is 8. The first kappa shape index (κ1) is 21.3. The Morgan fingerprint density at radius 3 is 2.52 bits per heavy atom. The van der Waals surface area contributed by atoms with Crippen LogP contribution in [0.2, 0.25) is 10.4 Å². The van der Waals surface area contributed by atoms with E-state index in [0.717, 1.165) is 0 Å². The van der Waals surface area contributed by atoms with Crippen molar-refractivity contribution in [1.82, 2.24) is 39.7 Å². The second-order valence-electron chi connectivity index (χ2n) is 6.54. The van der Waals surface area contributed by atoms with Gasteiger partial charge in [-0.1, -0.05) is 11.6 Å². The van der Waals surface area contributed by atoms with Gasteiger partial charge in [-0.05, 0) is 23.7 Å². The Kier molecular flexibility index (Phi) is 5.73. The molecule has 1 fully saturated rings. The maximum absolute atomic E-state index is 11.9. The molecule has 4 rings (SSSR count). The first-order chi connectivity index (χ1) is 14.8. The molecule has 15 heteroatoms. The quantitative estimate of drug-likeness (QED) is 0.301. The second kappa shape index (κ2) is 8.32. The number of nitrogens with zero attached hydrogens (tertiary/aromatic N) is 8. The zero-order chi connectivity index (χ0) is 22.3. The van der Waals surface area contributed by atoms with Gasteiger partial charge in [0.15, 0.2) is 35.3 Å². The monoisotopic (exact) mass is 470 g/mol. The number of imidazole rings is 1. The third-order valence-corrected chi connectivity index (χ3v) is 4.86. The third-order valence-electron chi connectivity index (χ3n) is 4.42. The highest BCUT2D eigenvalue weighted by Crippen LogP contribution is 2.42. The number of ether oxygens (including phenoxy) is 3. The molecule has 0 saturated carbocycles. The smallest absolute Gasteiger partial charge is 0.303 e. The summed E-state index contributed by atoms with van der Waals surface area (Å²) in [5.74, 6) is -1.07. The number of hydrogen-bond donors (Lipinski definition) is 0. The van der Waals surface area contributed by atoms with E-state index in [0.29, 0.717) is 6.54 Å². The first-order valence-corrected chi connectivity index (χ1v) is 9.87. The molecule has 1 unspecified atom stereocenters. The summed E-state index contributed by atoms with van der Waals surface area (Å²) in [7, 11) is 0. The molecule has 4 heterocycles. The van der Waals surface area contributed by atoms with Crippen LogP contribution < -0.4 is 0 Å². The van der Waals surface area contributed by atoms with Crippen molar-refractivity contribution < 1.29 is 23.8 Å². The van der Waals surface area contributed by atoms with Crippen LogP contribution in [0, 0.1) is 0 Å². The number of carbonyl (C=O) groups excluding carboxylic acids is 2. The van der Waals surface area contributed by atoms with Gasteiger partial charge < -0.3 is 14.2 Å². The van der Waals surface area contributed by atoms with E-state index < -0.39 is 36.5 Å². The zero-order valence-corrected chi connectivity index (χ0v) is 18.0. The largest absolute Gasteiger partial charge is 0.455 e. The van der Waals surface area contributed by atoms with E-state index in [2.05, 4.69) is 30.4 Å². The van der Waals surface area contributed by atoms with E-state index in [4.69, 9.17) is 37.4 Å². The molecular formula is C16H16Cl2N8O5. The van der Waals surface area contributed by atoms with Gasteiger partial charge in [0, 0.05) is 13.8 Å². The SMILES string of the molecule is CCn1nnc(C2O[C@@H](n3cnc4c(Cl)nc(Cl)nc43)[C@H](OC(C)=O)[C@@H]2OC(C)=O)n1. The summed E-state index contributed by atoms with van der Waals surface area (Å²) >= 11 is 12.1. The number of aryl methyl sites for hydroxylation is 1. The van der Waals surface area contributed by atoms with Crippen molar-refractivity contribution in [2.24, 2.45) is 0 Å². The van der Waals surface area contributed by atoms with Gasteiger partial charge in [-0.2, -0.15) is 9.78 Å². The molecule has 1 aliphatic heterocycles. The molecule has 0 amide bonds. The van der Waals surface area contributed by atoms with Crippen molar-refractivity contribution >= 4 is 46.3 Å². The van der Waals surface area contributed by atoms with Gasteiger partial charge in [0.25, 0.3) is 0 Å². The molecule has 164 valence electrons. The second-order valence-corrected chi connectivity index (χ2v) is 7.24. The summed E-state index contributed by atoms with van der Waals surface area (Å²) in [5, 5.41) is 12.1. The number of tetrazole rings is 1. The Morgan fingerprint density at radius 2 is 1.87 bits per heavy atom. The van der Waals surface area contributed by atoms with Crippen LogP contribution in [-0.2, 0) is 30.3 Å². The van der Waals surface area contributed by atoms with Gasteiger partial charge >= 0.3 is 11.9 Å². The van der Waals surface area contributed by atoms with Crippen LogP contribution in [0.15, 0.2) is 6.33 Å². The molecule has 0 radical (unpaired) electrons. The molecule has 4 atom stereocenters. The lowest BCUT2D eigenvalue weighted by atomic mass is 10.1. The number of carbonyl (C=O) groups is 2. The van der Waals surface area contributed by atoms with Gasteiger partial charge in [0.2, 0.25) is 11.1 Å². The minimum absolute atomic E-state index is 0.0384. The van der Waals surface area contributed by atoms with Gasteiger partial charge in [-0.25, -0.2) is 9.97 Å². The van der Waals surface area contributed by atoms with E-state index in [1.54, 1.807) is 0 Å². The van der Waals surface area contributed by atoms with E-state index in [-0.39, 0.29) is 27.4 Å². The van der Waals surface area contributed by atoms with E-state index in [9.17, 15) is 9.59 Å². The lowest BCUT2D eigenvalue weighted by molar-refractivity contribution is -0.165. The molecule has 3 aromatic rings. The number of esters is 2. The molecule has 1 saturated heterocycles. The maximum Gasteiger partial charge on any atom is 0.303 e. The fraction of sp³-hybridized carbons (Fsp3) is 0.500. The normalized spacial score (nSPS) is 23.3. The van der Waals surface area contributed by atoms with Crippen LogP contribution in [0.3, 0.4) is 0 Å². The average Bonchev–Trinajstić information content (AvgIpc) is 3.39. The lowest BCUT2D eigenvalue weighted by Gasteiger charge is -2.23. The Labute approximate surface area is 184 Å². The molecule has 1 aliphatic rings. The number of fused-ring (bicyclic) bond motifs is 1. The number of rotatable bonds is 5. The Morgan fingerprint density at radius 1 is 1.16 bits per heavy atom.